The standard InChI is InChI=1S/C29H39N5O8/c1-7-34(8-2)12-18(35)31-16-11-17(32(3)4)14-9-13-10-15-22(33(5)6)25(38)21(28(30)41)27(40)29(15,42)26(39)19(13)24(37)20(14)23(16)36/h11,13,15,22,36-37,40,42H,7-10,12H2,1-6H3,(H2,30,41)(H,31,35)/t13?,15?,22-,29?/m0/s1. The molecule has 0 bridgehead atoms. The Morgan fingerprint density at radius 1 is 1.10 bits per heavy atom. The van der Waals surface area contributed by atoms with Gasteiger partial charge in [0, 0.05) is 31.3 Å². The summed E-state index contributed by atoms with van der Waals surface area (Å²) in [5.41, 5.74) is 2.54. The molecule has 0 heterocycles. The Balaban J connectivity index is 1.90. The first-order valence-corrected chi connectivity index (χ1v) is 13.8. The molecule has 1 saturated carbocycles. The van der Waals surface area contributed by atoms with E-state index in [1.165, 1.54) is 4.90 Å². The van der Waals surface area contributed by atoms with Gasteiger partial charge in [0.15, 0.2) is 11.4 Å². The van der Waals surface area contributed by atoms with E-state index in [1.807, 2.05) is 18.7 Å². The van der Waals surface area contributed by atoms with Crippen LogP contribution in [0.15, 0.2) is 23.0 Å². The number of hydrogen-bond donors (Lipinski definition) is 6. The van der Waals surface area contributed by atoms with E-state index in [4.69, 9.17) is 5.73 Å². The minimum atomic E-state index is -2.72. The average molecular weight is 586 g/mol. The minimum Gasteiger partial charge on any atom is -0.508 e. The van der Waals surface area contributed by atoms with Crippen LogP contribution in [0.5, 0.6) is 5.75 Å². The van der Waals surface area contributed by atoms with E-state index in [9.17, 15) is 39.6 Å². The Bertz CT molecular complexity index is 1430. The van der Waals surface area contributed by atoms with Gasteiger partial charge in [-0.15, -0.1) is 0 Å². The fourth-order valence-corrected chi connectivity index (χ4v) is 6.63. The summed E-state index contributed by atoms with van der Waals surface area (Å²) in [7, 11) is 6.61. The Kier molecular flexibility index (Phi) is 8.15. The van der Waals surface area contributed by atoms with Crippen LogP contribution in [0.2, 0.25) is 0 Å². The number of rotatable bonds is 8. The zero-order chi connectivity index (χ0) is 31.4. The first-order valence-electron chi connectivity index (χ1n) is 13.8. The summed E-state index contributed by atoms with van der Waals surface area (Å²) in [5, 5.41) is 48.3. The van der Waals surface area contributed by atoms with Crippen LogP contribution in [-0.2, 0) is 25.6 Å². The van der Waals surface area contributed by atoms with Gasteiger partial charge in [-0.1, -0.05) is 13.8 Å². The van der Waals surface area contributed by atoms with Gasteiger partial charge in [0.2, 0.25) is 11.7 Å². The van der Waals surface area contributed by atoms with Gasteiger partial charge in [-0.25, -0.2) is 0 Å². The predicted molar refractivity (Wildman–Crippen MR) is 155 cm³/mol. The van der Waals surface area contributed by atoms with Gasteiger partial charge in [-0.05, 0) is 57.6 Å². The number of fused-ring (bicyclic) bond motifs is 3. The SMILES string of the molecule is CCN(CC)CC(=O)Nc1cc(N(C)C)c2c(c1O)C(O)=C1C(=O)C3(O)C(O)=C(C(N)=O)C(=O)[C@@H](N(C)C)C3CC1C2. The number of likely N-dealkylation sites (N-methyl/N-ethyl adjacent to an activating group) is 2. The van der Waals surface area contributed by atoms with Gasteiger partial charge in [0.05, 0.1) is 23.8 Å². The normalized spacial score (nSPS) is 25.4. The van der Waals surface area contributed by atoms with Crippen molar-refractivity contribution in [1.82, 2.24) is 9.80 Å². The minimum absolute atomic E-state index is 0.0122. The van der Waals surface area contributed by atoms with E-state index in [0.717, 1.165) is 0 Å². The lowest BCUT2D eigenvalue weighted by molar-refractivity contribution is -0.153. The number of aliphatic hydroxyl groups excluding tert-OH is 2. The summed E-state index contributed by atoms with van der Waals surface area (Å²) < 4.78 is 0. The molecule has 0 saturated heterocycles. The van der Waals surface area contributed by atoms with Gasteiger partial charge in [-0.3, -0.25) is 29.0 Å². The molecule has 3 aliphatic rings. The number of hydrogen-bond acceptors (Lipinski definition) is 11. The number of phenols is 1. The second-order valence-corrected chi connectivity index (χ2v) is 11.5. The highest BCUT2D eigenvalue weighted by Crippen LogP contribution is 2.54. The van der Waals surface area contributed by atoms with Gasteiger partial charge >= 0.3 is 0 Å². The van der Waals surface area contributed by atoms with Crippen LogP contribution in [0.4, 0.5) is 11.4 Å². The quantitative estimate of drug-likeness (QED) is 0.181. The first kappa shape index (κ1) is 31.0. The lowest BCUT2D eigenvalue weighted by Gasteiger charge is -2.50. The summed E-state index contributed by atoms with van der Waals surface area (Å²) in [6.45, 7) is 5.19. The van der Waals surface area contributed by atoms with E-state index in [2.05, 4.69) is 5.32 Å². The largest absolute Gasteiger partial charge is 0.508 e. The summed E-state index contributed by atoms with van der Waals surface area (Å²) in [5.74, 6) is -7.67. The third kappa shape index (κ3) is 4.61. The molecule has 0 spiro atoms. The van der Waals surface area contributed by atoms with Crippen molar-refractivity contribution in [2.45, 2.75) is 38.3 Å². The molecular weight excluding hydrogens is 546 g/mol. The van der Waals surface area contributed by atoms with Crippen LogP contribution < -0.4 is 16.0 Å². The lowest BCUT2D eigenvalue weighted by Crippen LogP contribution is -2.65. The van der Waals surface area contributed by atoms with Gasteiger partial charge in [0.25, 0.3) is 5.91 Å². The molecule has 42 heavy (non-hydrogen) atoms. The zero-order valence-electron chi connectivity index (χ0n) is 24.7. The number of anilines is 2. The number of ketones is 2. The van der Waals surface area contributed by atoms with E-state index in [1.54, 1.807) is 39.2 Å². The average Bonchev–Trinajstić information content (AvgIpc) is 2.90. The third-order valence-electron chi connectivity index (χ3n) is 8.71. The Labute approximate surface area is 243 Å². The maximum atomic E-state index is 14.1. The van der Waals surface area contributed by atoms with Crippen LogP contribution in [-0.4, -0.2) is 113 Å². The van der Waals surface area contributed by atoms with Crippen LogP contribution in [0, 0.1) is 11.8 Å². The molecule has 3 aliphatic carbocycles. The zero-order valence-corrected chi connectivity index (χ0v) is 24.7. The number of nitrogens with two attached hydrogens (primary N) is 1. The van der Waals surface area contributed by atoms with Crippen molar-refractivity contribution in [3.05, 3.63) is 34.1 Å². The fraction of sp³-hybridized carbons (Fsp3) is 0.517. The number of carbonyl (C=O) groups is 4. The highest BCUT2D eigenvalue weighted by Gasteiger charge is 2.64. The second-order valence-electron chi connectivity index (χ2n) is 11.5. The van der Waals surface area contributed by atoms with Crippen LogP contribution >= 0.6 is 0 Å². The van der Waals surface area contributed by atoms with Gasteiger partial charge in [-0.2, -0.15) is 0 Å². The topological polar surface area (TPSA) is 197 Å². The van der Waals surface area contributed by atoms with Crippen molar-refractivity contribution in [1.29, 1.82) is 0 Å². The number of nitrogens with zero attached hydrogens (tertiary/aromatic N) is 3. The van der Waals surface area contributed by atoms with E-state index in [-0.39, 0.29) is 42.1 Å². The molecule has 7 N–H and O–H groups in total. The van der Waals surface area contributed by atoms with E-state index >= 15 is 0 Å². The van der Waals surface area contributed by atoms with Crippen LogP contribution in [0.1, 0.15) is 31.4 Å². The molecule has 13 heteroatoms. The molecule has 4 rings (SSSR count). The molecular formula is C29H39N5O8. The van der Waals surface area contributed by atoms with Crippen molar-refractivity contribution in [2.75, 3.05) is 58.0 Å². The number of primary amides is 1. The van der Waals surface area contributed by atoms with Crippen molar-refractivity contribution in [3.8, 4) is 5.75 Å². The van der Waals surface area contributed by atoms with E-state index < -0.39 is 63.8 Å². The molecule has 4 atom stereocenters. The Morgan fingerprint density at radius 3 is 2.24 bits per heavy atom. The third-order valence-corrected chi connectivity index (χ3v) is 8.71. The second kappa shape index (κ2) is 11.0. The van der Waals surface area contributed by atoms with Crippen molar-refractivity contribution in [2.24, 2.45) is 17.6 Å². The maximum absolute atomic E-state index is 14.1. The van der Waals surface area contributed by atoms with Crippen LogP contribution in [0.3, 0.4) is 0 Å². The highest BCUT2D eigenvalue weighted by atomic mass is 16.3. The number of Topliss-reactive ketones (excluding diaryl/α,β-unsaturated/α-hetero) is 2. The van der Waals surface area contributed by atoms with Crippen molar-refractivity contribution >= 4 is 40.5 Å². The summed E-state index contributed by atoms with van der Waals surface area (Å²) in [6.07, 6.45) is 0.130. The predicted octanol–water partition coefficient (Wildman–Crippen LogP) is 0.310. The molecule has 0 radical (unpaired) electrons. The number of aliphatic hydroxyl groups is 3. The molecule has 2 amide bonds. The number of carbonyl (C=O) groups excluding carboxylic acids is 4. The Morgan fingerprint density at radius 2 is 1.71 bits per heavy atom. The maximum Gasteiger partial charge on any atom is 0.255 e. The summed E-state index contributed by atoms with van der Waals surface area (Å²) in [4.78, 5) is 57.3. The first-order chi connectivity index (χ1) is 19.6. The van der Waals surface area contributed by atoms with Crippen molar-refractivity contribution < 1.29 is 39.6 Å². The molecule has 3 unspecified atom stereocenters. The van der Waals surface area contributed by atoms with Crippen molar-refractivity contribution in [3.63, 3.8) is 0 Å². The number of nitrogens with one attached hydrogen (secondary N) is 1. The highest BCUT2D eigenvalue weighted by molar-refractivity contribution is 6.24. The van der Waals surface area contributed by atoms with Gasteiger partial charge in [0.1, 0.15) is 22.8 Å². The molecule has 1 aromatic carbocycles. The number of benzene rings is 1. The smallest absolute Gasteiger partial charge is 0.255 e. The number of aromatic hydroxyl groups is 1. The van der Waals surface area contributed by atoms with Gasteiger partial charge < -0.3 is 36.4 Å². The number of amides is 2. The molecule has 1 fully saturated rings. The van der Waals surface area contributed by atoms with Crippen LogP contribution in [0.25, 0.3) is 5.76 Å². The molecule has 1 aromatic rings. The summed E-state index contributed by atoms with van der Waals surface area (Å²) >= 11 is 0. The summed E-state index contributed by atoms with van der Waals surface area (Å²) in [6, 6.07) is 0.432. The Hall–Kier alpha value is -3.94. The molecule has 228 valence electrons. The monoisotopic (exact) mass is 585 g/mol. The lowest BCUT2D eigenvalue weighted by atomic mass is 9.57. The molecule has 0 aromatic heterocycles. The van der Waals surface area contributed by atoms with E-state index in [0.29, 0.717) is 24.3 Å². The molecule has 0 aliphatic heterocycles. The number of phenolic OH excluding ortho intramolecular Hbond substituents is 1. The molecule has 13 nitrogen and oxygen atoms in total. The fourth-order valence-electron chi connectivity index (χ4n) is 6.63.